The summed E-state index contributed by atoms with van der Waals surface area (Å²) in [5.41, 5.74) is -0.342. The average Bonchev–Trinajstić information content (AvgIpc) is 2.71. The van der Waals surface area contributed by atoms with Crippen molar-refractivity contribution in [1.82, 2.24) is 15.3 Å². The molecule has 1 aliphatic heterocycles. The molecule has 2 unspecified atom stereocenters. The number of nitrogens with one attached hydrogen (secondary N) is 1. The van der Waals surface area contributed by atoms with E-state index in [0.717, 1.165) is 37.8 Å². The number of benzene rings is 1. The van der Waals surface area contributed by atoms with Crippen LogP contribution in [0.25, 0.3) is 0 Å². The molecule has 1 saturated heterocycles. The molecule has 0 spiro atoms. The van der Waals surface area contributed by atoms with Gasteiger partial charge < -0.3 is 15.3 Å². The number of aromatic hydroxyl groups is 1. The number of alkyl halides is 3. The minimum atomic E-state index is -4.48. The first-order valence-electron chi connectivity index (χ1n) is 10.1. The molecule has 0 radical (unpaired) electrons. The third kappa shape index (κ3) is 5.55. The Morgan fingerprint density at radius 2 is 1.70 bits per heavy atom. The zero-order valence-corrected chi connectivity index (χ0v) is 17.7. The van der Waals surface area contributed by atoms with Gasteiger partial charge in [0.05, 0.1) is 18.0 Å². The highest BCUT2D eigenvalue weighted by Crippen LogP contribution is 2.33. The maximum Gasteiger partial charge on any atom is 0.416 e. The van der Waals surface area contributed by atoms with Crippen molar-refractivity contribution in [2.75, 3.05) is 4.90 Å². The lowest BCUT2D eigenvalue weighted by Crippen LogP contribution is -2.52. The van der Waals surface area contributed by atoms with E-state index in [0.29, 0.717) is 23.6 Å². The largest absolute Gasteiger partial charge is 0.505 e. The molecule has 164 valence electrons. The summed E-state index contributed by atoms with van der Waals surface area (Å²) >= 11 is 5.99. The first-order valence-corrected chi connectivity index (χ1v) is 10.5. The minimum Gasteiger partial charge on any atom is -0.505 e. The summed E-state index contributed by atoms with van der Waals surface area (Å²) in [6, 6.07) is 4.24. The summed E-state index contributed by atoms with van der Waals surface area (Å²) in [6.45, 7) is 4.41. The molecule has 0 bridgehead atoms. The first-order chi connectivity index (χ1) is 14.2. The molecule has 2 atom stereocenters. The van der Waals surface area contributed by atoms with Gasteiger partial charge in [-0.05, 0) is 49.4 Å². The van der Waals surface area contributed by atoms with Crippen LogP contribution in [-0.4, -0.2) is 33.2 Å². The van der Waals surface area contributed by atoms with Crippen LogP contribution in [0.4, 0.5) is 19.1 Å². The third-order valence-corrected chi connectivity index (χ3v) is 5.75. The van der Waals surface area contributed by atoms with Gasteiger partial charge in [0, 0.05) is 29.7 Å². The van der Waals surface area contributed by atoms with Crippen LogP contribution in [-0.2, 0) is 12.7 Å². The van der Waals surface area contributed by atoms with E-state index in [1.807, 2.05) is 4.90 Å². The van der Waals surface area contributed by atoms with Gasteiger partial charge in [0.15, 0.2) is 5.75 Å². The second kappa shape index (κ2) is 9.39. The van der Waals surface area contributed by atoms with Gasteiger partial charge in [-0.2, -0.15) is 13.2 Å². The maximum atomic E-state index is 13.3. The molecule has 30 heavy (non-hydrogen) atoms. The molecule has 2 N–H and O–H groups in total. The van der Waals surface area contributed by atoms with Gasteiger partial charge in [-0.1, -0.05) is 25.4 Å². The van der Waals surface area contributed by atoms with E-state index in [2.05, 4.69) is 29.1 Å². The lowest BCUT2D eigenvalue weighted by atomic mass is 9.90. The van der Waals surface area contributed by atoms with Crippen LogP contribution >= 0.6 is 11.6 Å². The summed E-state index contributed by atoms with van der Waals surface area (Å²) < 4.78 is 39.8. The van der Waals surface area contributed by atoms with Crippen LogP contribution in [0.2, 0.25) is 5.02 Å². The fourth-order valence-corrected chi connectivity index (χ4v) is 4.23. The molecule has 1 aliphatic rings. The summed E-state index contributed by atoms with van der Waals surface area (Å²) in [6.07, 6.45) is 1.66. The topological polar surface area (TPSA) is 61.3 Å². The highest BCUT2D eigenvalue weighted by molar-refractivity contribution is 6.30. The number of hydrogen-bond acceptors (Lipinski definition) is 5. The lowest BCUT2D eigenvalue weighted by Gasteiger charge is -2.41. The molecule has 0 aliphatic carbocycles. The quantitative estimate of drug-likeness (QED) is 0.646. The predicted octanol–water partition coefficient (Wildman–Crippen LogP) is 5.17. The molecular formula is C21H26ClF3N4O. The fraction of sp³-hybridized carbons (Fsp3) is 0.524. The molecule has 1 aromatic heterocycles. The number of hydrogen-bond donors (Lipinski definition) is 2. The molecular weight excluding hydrogens is 417 g/mol. The van der Waals surface area contributed by atoms with Gasteiger partial charge in [-0.25, -0.2) is 9.97 Å². The van der Waals surface area contributed by atoms with E-state index in [4.69, 9.17) is 11.6 Å². The van der Waals surface area contributed by atoms with Gasteiger partial charge in [-0.3, -0.25) is 0 Å². The van der Waals surface area contributed by atoms with Crippen molar-refractivity contribution in [2.45, 2.75) is 70.4 Å². The molecule has 1 fully saturated rings. The van der Waals surface area contributed by atoms with Gasteiger partial charge in [-0.15, -0.1) is 0 Å². The van der Waals surface area contributed by atoms with Crippen LogP contribution < -0.4 is 10.2 Å². The van der Waals surface area contributed by atoms with Crippen LogP contribution in [0.1, 0.15) is 50.7 Å². The van der Waals surface area contributed by atoms with Crippen molar-refractivity contribution in [1.29, 1.82) is 0 Å². The highest BCUT2D eigenvalue weighted by atomic mass is 35.5. The molecule has 3 rings (SSSR count). The summed E-state index contributed by atoms with van der Waals surface area (Å²) in [4.78, 5) is 10.4. The molecule has 0 amide bonds. The van der Waals surface area contributed by atoms with E-state index in [9.17, 15) is 18.3 Å². The van der Waals surface area contributed by atoms with Crippen molar-refractivity contribution in [3.63, 3.8) is 0 Å². The smallest absolute Gasteiger partial charge is 0.416 e. The normalized spacial score (nSPS) is 22.1. The van der Waals surface area contributed by atoms with Gasteiger partial charge in [0.2, 0.25) is 5.95 Å². The summed E-state index contributed by atoms with van der Waals surface area (Å²) in [5, 5.41) is 13.2. The average molecular weight is 443 g/mol. The minimum absolute atomic E-state index is 0.0366. The Kier molecular flexibility index (Phi) is 7.08. The molecule has 5 nitrogen and oxygen atoms in total. The van der Waals surface area contributed by atoms with Crippen molar-refractivity contribution in [2.24, 2.45) is 0 Å². The maximum absolute atomic E-state index is 13.3. The third-order valence-electron chi connectivity index (χ3n) is 5.53. The van der Waals surface area contributed by atoms with Gasteiger partial charge in [0.1, 0.15) is 0 Å². The van der Waals surface area contributed by atoms with Crippen LogP contribution in [0, 0.1) is 0 Å². The number of piperidine rings is 1. The number of halogens is 4. The Morgan fingerprint density at radius 1 is 1.10 bits per heavy atom. The number of anilines is 1. The SMILES string of the molecule is CCC1CC(N(Cc2cc(Cl)cc(C(F)(F)F)c2)c2ncc(O)cn2)CC(CC)N1. The Balaban J connectivity index is 1.96. The Bertz CT molecular complexity index is 835. The van der Waals surface area contributed by atoms with Crippen molar-refractivity contribution in [3.05, 3.63) is 46.7 Å². The van der Waals surface area contributed by atoms with Crippen molar-refractivity contribution in [3.8, 4) is 5.75 Å². The van der Waals surface area contributed by atoms with Crippen LogP contribution in [0.3, 0.4) is 0 Å². The van der Waals surface area contributed by atoms with E-state index in [-0.39, 0.29) is 23.4 Å². The predicted molar refractivity (Wildman–Crippen MR) is 111 cm³/mol. The highest BCUT2D eigenvalue weighted by Gasteiger charge is 2.34. The second-order valence-corrected chi connectivity index (χ2v) is 8.15. The summed E-state index contributed by atoms with van der Waals surface area (Å²) in [5.74, 6) is 0.307. The van der Waals surface area contributed by atoms with Crippen molar-refractivity contribution < 1.29 is 18.3 Å². The molecule has 0 saturated carbocycles. The molecule has 1 aromatic carbocycles. The number of aromatic nitrogens is 2. The Morgan fingerprint density at radius 3 is 2.23 bits per heavy atom. The zero-order valence-electron chi connectivity index (χ0n) is 17.0. The van der Waals surface area contributed by atoms with Crippen molar-refractivity contribution >= 4 is 17.5 Å². The number of nitrogens with zero attached hydrogens (tertiary/aromatic N) is 3. The van der Waals surface area contributed by atoms with E-state index >= 15 is 0 Å². The Labute approximate surface area is 179 Å². The van der Waals surface area contributed by atoms with E-state index in [1.165, 1.54) is 12.4 Å². The standard InChI is InChI=1S/C21H26ClF3N4O/c1-3-16-8-18(9-17(4-2)28-16)29(20-26-10-19(30)11-27-20)12-13-5-14(21(23,24)25)7-15(22)6-13/h5-7,10-11,16-18,28,30H,3-4,8-9,12H2,1-2H3. The monoisotopic (exact) mass is 442 g/mol. The number of rotatable bonds is 6. The molecule has 2 heterocycles. The molecule has 2 aromatic rings. The van der Waals surface area contributed by atoms with E-state index in [1.54, 1.807) is 6.07 Å². The van der Waals surface area contributed by atoms with Gasteiger partial charge in [0.25, 0.3) is 0 Å². The van der Waals surface area contributed by atoms with Gasteiger partial charge >= 0.3 is 6.18 Å². The molecule has 9 heteroatoms. The first kappa shape index (κ1) is 22.6. The second-order valence-electron chi connectivity index (χ2n) is 7.72. The Hall–Kier alpha value is -2.06. The van der Waals surface area contributed by atoms with Crippen LogP contribution in [0.5, 0.6) is 5.75 Å². The van der Waals surface area contributed by atoms with Crippen LogP contribution in [0.15, 0.2) is 30.6 Å². The summed E-state index contributed by atoms with van der Waals surface area (Å²) in [7, 11) is 0. The lowest BCUT2D eigenvalue weighted by molar-refractivity contribution is -0.137. The fourth-order valence-electron chi connectivity index (χ4n) is 3.97. The zero-order chi connectivity index (χ0) is 21.9. The van der Waals surface area contributed by atoms with E-state index < -0.39 is 11.7 Å².